The second-order valence-corrected chi connectivity index (χ2v) is 6.18. The zero-order chi connectivity index (χ0) is 21.8. The molecule has 30 heavy (non-hydrogen) atoms. The van der Waals surface area contributed by atoms with Gasteiger partial charge < -0.3 is 23.9 Å². The van der Waals surface area contributed by atoms with Crippen molar-refractivity contribution in [3.8, 4) is 11.5 Å². The van der Waals surface area contributed by atoms with Gasteiger partial charge in [-0.05, 0) is 31.2 Å². The van der Waals surface area contributed by atoms with Gasteiger partial charge in [0.25, 0.3) is 11.6 Å². The third kappa shape index (κ3) is 4.17. The maximum absolute atomic E-state index is 12.4. The lowest BCUT2D eigenvalue weighted by molar-refractivity contribution is -0.384. The summed E-state index contributed by atoms with van der Waals surface area (Å²) in [6, 6.07) is 8.83. The maximum atomic E-state index is 12.4. The number of aryl methyl sites for hydroxylation is 1. The van der Waals surface area contributed by atoms with Gasteiger partial charge in [0.2, 0.25) is 5.76 Å². The van der Waals surface area contributed by atoms with Crippen molar-refractivity contribution in [3.63, 3.8) is 0 Å². The summed E-state index contributed by atoms with van der Waals surface area (Å²) in [6.07, 6.45) is 0. The molecule has 1 aromatic heterocycles. The lowest BCUT2D eigenvalue weighted by atomic mass is 10.1. The Morgan fingerprint density at radius 3 is 2.57 bits per heavy atom. The molecule has 156 valence electrons. The Morgan fingerprint density at radius 2 is 1.90 bits per heavy atom. The molecule has 0 bridgehead atoms. The number of fused-ring (bicyclic) bond motifs is 1. The molecule has 3 rings (SSSR count). The number of rotatable bonds is 7. The van der Waals surface area contributed by atoms with Crippen molar-refractivity contribution in [2.75, 3.05) is 26.1 Å². The zero-order valence-electron chi connectivity index (χ0n) is 16.4. The molecule has 0 radical (unpaired) electrons. The van der Waals surface area contributed by atoms with Crippen LogP contribution in [0.3, 0.4) is 0 Å². The first kappa shape index (κ1) is 20.6. The Bertz CT molecular complexity index is 1140. The number of nitro groups is 1. The Labute approximate surface area is 170 Å². The maximum Gasteiger partial charge on any atom is 0.375 e. The van der Waals surface area contributed by atoms with Gasteiger partial charge in [-0.15, -0.1) is 0 Å². The number of nitro benzene ring substituents is 1. The molecule has 0 saturated carbocycles. The molecule has 2 aromatic carbocycles. The second kappa shape index (κ2) is 8.52. The van der Waals surface area contributed by atoms with Crippen LogP contribution in [0.2, 0.25) is 0 Å². The first-order chi connectivity index (χ1) is 14.3. The smallest absolute Gasteiger partial charge is 0.375 e. The number of nitrogens with one attached hydrogen (secondary N) is 1. The average Bonchev–Trinajstić information content (AvgIpc) is 3.07. The number of hydrogen-bond acceptors (Lipinski definition) is 8. The summed E-state index contributed by atoms with van der Waals surface area (Å²) in [5.74, 6) is -0.709. The van der Waals surface area contributed by atoms with Gasteiger partial charge in [-0.3, -0.25) is 14.9 Å². The summed E-state index contributed by atoms with van der Waals surface area (Å²) in [7, 11) is 2.89. The highest BCUT2D eigenvalue weighted by molar-refractivity contribution is 5.99. The van der Waals surface area contributed by atoms with Crippen LogP contribution in [0, 0.1) is 17.0 Å². The molecule has 1 heterocycles. The van der Waals surface area contributed by atoms with E-state index in [0.29, 0.717) is 22.3 Å². The summed E-state index contributed by atoms with van der Waals surface area (Å²) in [4.78, 5) is 34.9. The van der Waals surface area contributed by atoms with Crippen LogP contribution in [0.1, 0.15) is 16.1 Å². The number of furan rings is 1. The van der Waals surface area contributed by atoms with Crippen LogP contribution < -0.4 is 14.8 Å². The molecule has 1 N–H and O–H groups in total. The van der Waals surface area contributed by atoms with Gasteiger partial charge in [0, 0.05) is 23.1 Å². The molecule has 0 saturated heterocycles. The SMILES string of the molecule is COc1ccc2oc(C(=O)OCC(=O)Nc3cc([N+](=O)[O-])ccc3OC)c(C)c2c1. The number of esters is 1. The van der Waals surface area contributed by atoms with Gasteiger partial charge >= 0.3 is 5.97 Å². The standard InChI is InChI=1S/C20H18N2O8/c1-11-14-9-13(27-2)5-7-16(14)30-19(11)20(24)29-10-18(23)21-15-8-12(22(25)26)4-6-17(15)28-3/h4-9H,10H2,1-3H3,(H,21,23). The fourth-order valence-electron chi connectivity index (χ4n) is 2.81. The van der Waals surface area contributed by atoms with Crippen molar-refractivity contribution < 1.29 is 33.1 Å². The summed E-state index contributed by atoms with van der Waals surface area (Å²) < 4.78 is 20.8. The van der Waals surface area contributed by atoms with Crippen molar-refractivity contribution in [3.05, 3.63) is 57.8 Å². The van der Waals surface area contributed by atoms with Crippen LogP contribution in [-0.4, -0.2) is 37.6 Å². The van der Waals surface area contributed by atoms with Crippen LogP contribution in [0.5, 0.6) is 11.5 Å². The van der Waals surface area contributed by atoms with Crippen molar-refractivity contribution in [1.29, 1.82) is 0 Å². The Balaban J connectivity index is 1.70. The van der Waals surface area contributed by atoms with Gasteiger partial charge in [0.15, 0.2) is 6.61 Å². The molecule has 0 aliphatic rings. The van der Waals surface area contributed by atoms with Gasteiger partial charge in [-0.1, -0.05) is 0 Å². The largest absolute Gasteiger partial charge is 0.497 e. The summed E-state index contributed by atoms with van der Waals surface area (Å²) in [5, 5.41) is 14.0. The highest BCUT2D eigenvalue weighted by Gasteiger charge is 2.21. The minimum atomic E-state index is -0.816. The molecule has 10 nitrogen and oxygen atoms in total. The van der Waals surface area contributed by atoms with Gasteiger partial charge in [0.1, 0.15) is 17.1 Å². The average molecular weight is 414 g/mol. The molecule has 10 heteroatoms. The first-order valence-corrected chi connectivity index (χ1v) is 8.70. The number of anilines is 1. The number of methoxy groups -OCH3 is 2. The molecular formula is C20H18N2O8. The summed E-state index contributed by atoms with van der Waals surface area (Å²) in [5.41, 5.74) is 0.886. The van der Waals surface area contributed by atoms with Gasteiger partial charge in [0.05, 0.1) is 24.8 Å². The number of carbonyl (C=O) groups excluding carboxylic acids is 2. The number of hydrogen-bond donors (Lipinski definition) is 1. The predicted octanol–water partition coefficient (Wildman–Crippen LogP) is 3.46. The number of nitrogens with zero attached hydrogens (tertiary/aromatic N) is 1. The van der Waals surface area contributed by atoms with Crippen LogP contribution in [-0.2, 0) is 9.53 Å². The highest BCUT2D eigenvalue weighted by Crippen LogP contribution is 2.30. The summed E-state index contributed by atoms with van der Waals surface area (Å²) in [6.45, 7) is 1.07. The van der Waals surface area contributed by atoms with Crippen LogP contribution in [0.15, 0.2) is 40.8 Å². The van der Waals surface area contributed by atoms with E-state index >= 15 is 0 Å². The number of benzene rings is 2. The third-order valence-electron chi connectivity index (χ3n) is 4.33. The number of amides is 1. The number of non-ortho nitro benzene ring substituents is 1. The van der Waals surface area contributed by atoms with E-state index in [0.717, 1.165) is 6.07 Å². The monoisotopic (exact) mass is 414 g/mol. The lowest BCUT2D eigenvalue weighted by Gasteiger charge is -2.10. The molecule has 0 atom stereocenters. The van der Waals surface area contributed by atoms with Crippen molar-refractivity contribution in [1.82, 2.24) is 0 Å². The predicted molar refractivity (Wildman–Crippen MR) is 106 cm³/mol. The Morgan fingerprint density at radius 1 is 1.13 bits per heavy atom. The fourth-order valence-corrected chi connectivity index (χ4v) is 2.81. The van der Waals surface area contributed by atoms with Crippen LogP contribution in [0.4, 0.5) is 11.4 Å². The molecule has 0 aliphatic carbocycles. The van der Waals surface area contributed by atoms with E-state index in [9.17, 15) is 19.7 Å². The topological polar surface area (TPSA) is 130 Å². The molecule has 0 unspecified atom stereocenters. The molecule has 0 spiro atoms. The normalized spacial score (nSPS) is 10.5. The number of ether oxygens (including phenoxy) is 3. The van der Waals surface area contributed by atoms with Crippen molar-refractivity contribution in [2.24, 2.45) is 0 Å². The molecule has 1 amide bonds. The van der Waals surface area contributed by atoms with Gasteiger partial charge in [-0.2, -0.15) is 0 Å². The van der Waals surface area contributed by atoms with E-state index < -0.39 is 23.4 Å². The van der Waals surface area contributed by atoms with E-state index in [4.69, 9.17) is 18.6 Å². The van der Waals surface area contributed by atoms with Gasteiger partial charge in [-0.25, -0.2) is 4.79 Å². The molecule has 0 aliphatic heterocycles. The number of carbonyl (C=O) groups is 2. The Kier molecular flexibility index (Phi) is 5.86. The first-order valence-electron chi connectivity index (χ1n) is 8.70. The van der Waals surface area contributed by atoms with E-state index in [-0.39, 0.29) is 22.9 Å². The zero-order valence-corrected chi connectivity index (χ0v) is 16.4. The van der Waals surface area contributed by atoms with Crippen LogP contribution >= 0.6 is 0 Å². The third-order valence-corrected chi connectivity index (χ3v) is 4.33. The fraction of sp³-hybridized carbons (Fsp3) is 0.200. The van der Waals surface area contributed by atoms with Crippen LogP contribution in [0.25, 0.3) is 11.0 Å². The highest BCUT2D eigenvalue weighted by atomic mass is 16.6. The quantitative estimate of drug-likeness (QED) is 0.353. The van der Waals surface area contributed by atoms with Crippen molar-refractivity contribution in [2.45, 2.75) is 6.92 Å². The molecule has 3 aromatic rings. The Hall–Kier alpha value is -4.08. The van der Waals surface area contributed by atoms with E-state index in [1.807, 2.05) is 0 Å². The van der Waals surface area contributed by atoms with E-state index in [1.165, 1.54) is 26.4 Å². The minimum Gasteiger partial charge on any atom is -0.497 e. The lowest BCUT2D eigenvalue weighted by Crippen LogP contribution is -2.21. The van der Waals surface area contributed by atoms with Crippen molar-refractivity contribution >= 4 is 34.2 Å². The molecular weight excluding hydrogens is 396 g/mol. The van der Waals surface area contributed by atoms with E-state index in [1.54, 1.807) is 25.1 Å². The van der Waals surface area contributed by atoms with E-state index in [2.05, 4.69) is 5.32 Å². The second-order valence-electron chi connectivity index (χ2n) is 6.18. The minimum absolute atomic E-state index is 0.0287. The molecule has 0 fully saturated rings. The summed E-state index contributed by atoms with van der Waals surface area (Å²) >= 11 is 0.